The van der Waals surface area contributed by atoms with Gasteiger partial charge in [0.1, 0.15) is 18.2 Å². The van der Waals surface area contributed by atoms with E-state index in [0.29, 0.717) is 14.8 Å². The number of nitrogens with one attached hydrogen (secondary N) is 2. The van der Waals surface area contributed by atoms with Crippen molar-refractivity contribution in [3.05, 3.63) is 73.2 Å². The Kier molecular flexibility index (Phi) is 8.62. The molecule has 1 fully saturated rings. The van der Waals surface area contributed by atoms with Crippen LogP contribution in [-0.4, -0.2) is 63.7 Å². The number of hydrogen-bond donors (Lipinski definition) is 6. The second-order valence-electron chi connectivity index (χ2n) is 8.54. The minimum atomic E-state index is -4.45. The van der Waals surface area contributed by atoms with Gasteiger partial charge in [0.25, 0.3) is 0 Å². The van der Waals surface area contributed by atoms with E-state index in [-0.39, 0.29) is 24.3 Å². The summed E-state index contributed by atoms with van der Waals surface area (Å²) in [4.78, 5) is 21.8. The number of benzene rings is 1. The first kappa shape index (κ1) is 28.0. The number of thiophene rings is 1. The highest BCUT2D eigenvalue weighted by Gasteiger charge is 2.42. The average molecular weight is 633 g/mol. The molecule has 5 atom stereocenters. The highest BCUT2D eigenvalue weighted by Crippen LogP contribution is 2.36. The van der Waals surface area contributed by atoms with Crippen LogP contribution in [0.4, 0.5) is 5.82 Å². The Morgan fingerprint density at radius 1 is 1.30 bits per heavy atom. The number of ketones is 1. The van der Waals surface area contributed by atoms with E-state index in [0.717, 1.165) is 21.4 Å². The molecule has 0 spiro atoms. The summed E-state index contributed by atoms with van der Waals surface area (Å²) in [5.74, 6) is -0.976. The molecule has 198 valence electrons. The fourth-order valence-corrected chi connectivity index (χ4v) is 6.34. The van der Waals surface area contributed by atoms with Crippen LogP contribution < -0.4 is 15.8 Å². The van der Waals surface area contributed by atoms with Crippen molar-refractivity contribution in [2.75, 3.05) is 11.9 Å². The number of carbonyl (C=O) groups is 1. The van der Waals surface area contributed by atoms with Crippen molar-refractivity contribution >= 4 is 60.8 Å². The molecule has 4 rings (SSSR count). The van der Waals surface area contributed by atoms with Crippen molar-refractivity contribution in [3.63, 3.8) is 0 Å². The first-order valence-corrected chi connectivity index (χ1v) is 14.4. The number of carbonyl (C=O) groups excluding carboxylic acids is 1. The van der Waals surface area contributed by atoms with Crippen molar-refractivity contribution in [2.45, 2.75) is 30.7 Å². The third kappa shape index (κ3) is 6.53. The molecule has 2 heterocycles. The standard InChI is InChI=1S/C22H23BrClN5O6S2/c23-12-3-1-2-10(4-12)17(25)13-6-16(36-21(13)24)19(31)14-8-26-9-27-22(14)29-15-5-11(18(30)20(15)32)7-28-37(33,34)35/h1-4,6,8-9,11,15,17-18,20,28,30,32H,5,7,25H2,(H,26,27,29)(H,33,34,35)/t11-,15-,17-,18-,20+/m1/s1. The number of nitrogens with zero attached hydrogens (tertiary/aromatic N) is 2. The second-order valence-corrected chi connectivity index (χ2v) is 12.3. The van der Waals surface area contributed by atoms with Crippen LogP contribution in [0.3, 0.4) is 0 Å². The molecule has 7 N–H and O–H groups in total. The zero-order chi connectivity index (χ0) is 26.9. The quantitative estimate of drug-likeness (QED) is 0.151. The Labute approximate surface area is 230 Å². The molecule has 3 aromatic rings. The van der Waals surface area contributed by atoms with Crippen molar-refractivity contribution in [1.29, 1.82) is 0 Å². The molecular formula is C22H23BrClN5O6S2. The monoisotopic (exact) mass is 631 g/mol. The van der Waals surface area contributed by atoms with E-state index < -0.39 is 46.3 Å². The maximum Gasteiger partial charge on any atom is 0.333 e. The first-order chi connectivity index (χ1) is 17.4. The van der Waals surface area contributed by atoms with Gasteiger partial charge in [0.05, 0.1) is 33.0 Å². The zero-order valence-electron chi connectivity index (χ0n) is 19.0. The molecule has 15 heteroatoms. The Morgan fingerprint density at radius 3 is 2.76 bits per heavy atom. The summed E-state index contributed by atoms with van der Waals surface area (Å²) in [7, 11) is -4.45. The summed E-state index contributed by atoms with van der Waals surface area (Å²) >= 11 is 10.9. The summed E-state index contributed by atoms with van der Waals surface area (Å²) in [6, 6.07) is 7.77. The van der Waals surface area contributed by atoms with Crippen LogP contribution in [0.2, 0.25) is 4.34 Å². The molecular weight excluding hydrogens is 610 g/mol. The van der Waals surface area contributed by atoms with Crippen molar-refractivity contribution < 1.29 is 28.0 Å². The summed E-state index contributed by atoms with van der Waals surface area (Å²) in [5, 5.41) is 23.8. The van der Waals surface area contributed by atoms with E-state index in [4.69, 9.17) is 21.9 Å². The highest BCUT2D eigenvalue weighted by molar-refractivity contribution is 9.10. The van der Waals surface area contributed by atoms with Crippen LogP contribution >= 0.6 is 38.9 Å². The van der Waals surface area contributed by atoms with Crippen LogP contribution in [0, 0.1) is 5.92 Å². The molecule has 37 heavy (non-hydrogen) atoms. The maximum atomic E-state index is 13.4. The molecule has 1 aliphatic carbocycles. The van der Waals surface area contributed by atoms with Crippen LogP contribution in [0.15, 0.2) is 47.3 Å². The third-order valence-corrected chi connectivity index (χ3v) is 8.50. The fraction of sp³-hybridized carbons (Fsp3) is 0.318. The summed E-state index contributed by atoms with van der Waals surface area (Å²) in [6.07, 6.45) is 0.139. The molecule has 2 aromatic heterocycles. The summed E-state index contributed by atoms with van der Waals surface area (Å²) < 4.78 is 34.0. The van der Waals surface area contributed by atoms with Crippen molar-refractivity contribution in [2.24, 2.45) is 11.7 Å². The topological polar surface area (TPSA) is 188 Å². The summed E-state index contributed by atoms with van der Waals surface area (Å²) in [5.41, 5.74) is 7.92. The van der Waals surface area contributed by atoms with Crippen LogP contribution in [0.5, 0.6) is 0 Å². The van der Waals surface area contributed by atoms with Gasteiger partial charge < -0.3 is 21.3 Å². The van der Waals surface area contributed by atoms with Gasteiger partial charge in [-0.15, -0.1) is 11.3 Å². The SMILES string of the molecule is N[C@H](c1cccc(Br)c1)c1cc(C(=O)c2cncnc2N[C@@H]2C[C@H](CNS(=O)(=O)O)[C@@H](O)[C@H]2O)sc1Cl. The fourth-order valence-electron chi connectivity index (χ4n) is 4.19. The molecule has 0 unspecified atom stereocenters. The molecule has 0 amide bonds. The number of nitrogens with two attached hydrogens (primary N) is 1. The molecule has 0 aliphatic heterocycles. The third-order valence-electron chi connectivity index (χ3n) is 6.09. The number of aliphatic hydroxyl groups is 2. The van der Waals surface area contributed by atoms with Gasteiger partial charge in [0, 0.05) is 28.7 Å². The Bertz CT molecular complexity index is 1410. The highest BCUT2D eigenvalue weighted by atomic mass is 79.9. The number of aliphatic hydroxyl groups excluding tert-OH is 2. The van der Waals surface area contributed by atoms with Gasteiger partial charge in [-0.2, -0.15) is 13.1 Å². The van der Waals surface area contributed by atoms with Crippen LogP contribution in [0.25, 0.3) is 0 Å². The zero-order valence-corrected chi connectivity index (χ0v) is 22.9. The largest absolute Gasteiger partial charge is 0.390 e. The molecule has 0 radical (unpaired) electrons. The van der Waals surface area contributed by atoms with E-state index in [9.17, 15) is 23.4 Å². The normalized spacial score (nSPS) is 22.6. The predicted octanol–water partition coefficient (Wildman–Crippen LogP) is 2.15. The van der Waals surface area contributed by atoms with Gasteiger partial charge in [0.15, 0.2) is 0 Å². The average Bonchev–Trinajstić information content (AvgIpc) is 3.36. The van der Waals surface area contributed by atoms with Gasteiger partial charge in [-0.05, 0) is 30.2 Å². The lowest BCUT2D eigenvalue weighted by molar-refractivity contribution is 0.0184. The van der Waals surface area contributed by atoms with E-state index in [1.54, 1.807) is 6.07 Å². The van der Waals surface area contributed by atoms with E-state index in [1.165, 1.54) is 12.5 Å². The minimum absolute atomic E-state index is 0.115. The molecule has 1 saturated carbocycles. The van der Waals surface area contributed by atoms with Crippen molar-refractivity contribution in [3.8, 4) is 0 Å². The molecule has 11 nitrogen and oxygen atoms in total. The predicted molar refractivity (Wildman–Crippen MR) is 142 cm³/mol. The lowest BCUT2D eigenvalue weighted by Crippen LogP contribution is -2.37. The second kappa shape index (κ2) is 11.4. The van der Waals surface area contributed by atoms with Gasteiger partial charge in [0.2, 0.25) is 5.78 Å². The smallest absolute Gasteiger partial charge is 0.333 e. The first-order valence-electron chi connectivity index (χ1n) is 10.9. The molecule has 0 bridgehead atoms. The lowest BCUT2D eigenvalue weighted by Gasteiger charge is -2.19. The van der Waals surface area contributed by atoms with E-state index >= 15 is 0 Å². The molecule has 1 aliphatic rings. The van der Waals surface area contributed by atoms with Gasteiger partial charge in [-0.25, -0.2) is 9.97 Å². The summed E-state index contributed by atoms with van der Waals surface area (Å²) in [6.45, 7) is -0.278. The van der Waals surface area contributed by atoms with Crippen LogP contribution in [-0.2, 0) is 10.3 Å². The lowest BCUT2D eigenvalue weighted by atomic mass is 10.0. The molecule has 0 saturated heterocycles. The van der Waals surface area contributed by atoms with Crippen molar-refractivity contribution in [1.82, 2.24) is 14.7 Å². The Morgan fingerprint density at radius 2 is 2.05 bits per heavy atom. The van der Waals surface area contributed by atoms with E-state index in [1.807, 2.05) is 29.0 Å². The van der Waals surface area contributed by atoms with Gasteiger partial charge in [-0.1, -0.05) is 39.7 Å². The number of aromatic nitrogens is 2. The number of anilines is 1. The van der Waals surface area contributed by atoms with Gasteiger partial charge >= 0.3 is 10.3 Å². The van der Waals surface area contributed by atoms with E-state index in [2.05, 4.69) is 31.2 Å². The Balaban J connectivity index is 1.54. The maximum absolute atomic E-state index is 13.4. The van der Waals surface area contributed by atoms with Gasteiger partial charge in [-0.3, -0.25) is 9.35 Å². The number of rotatable bonds is 9. The van der Waals surface area contributed by atoms with Crippen LogP contribution in [0.1, 0.15) is 38.8 Å². The minimum Gasteiger partial charge on any atom is -0.390 e. The number of hydrogen-bond acceptors (Lipinski definition) is 10. The number of halogens is 2. The molecule has 1 aromatic carbocycles. The Hall–Kier alpha value is -2.01.